The number of hydrogen-bond donors (Lipinski definition) is 2. The third-order valence-corrected chi connectivity index (χ3v) is 3.56. The molecule has 0 saturated carbocycles. The number of hydrogen-bond acceptors (Lipinski definition) is 6. The Bertz CT molecular complexity index is 1000. The fraction of sp³-hybridized carbons (Fsp3) is 0.235. The summed E-state index contributed by atoms with van der Waals surface area (Å²) in [5, 5.41) is 18.6. The Morgan fingerprint density at radius 3 is 2.44 bits per heavy atom. The van der Waals surface area contributed by atoms with E-state index in [1.807, 2.05) is 6.07 Å². The number of rotatable bonds is 5. The van der Waals surface area contributed by atoms with Crippen LogP contribution in [0.2, 0.25) is 0 Å². The number of H-pyrrole nitrogens is 1. The largest absolute Gasteiger partial charge is 0.496 e. The minimum absolute atomic E-state index is 0.0130. The second kappa shape index (κ2) is 7.81. The molecule has 0 spiro atoms. The van der Waals surface area contributed by atoms with Crippen LogP contribution in [0.4, 0.5) is 19.0 Å². The van der Waals surface area contributed by atoms with Gasteiger partial charge in [0.2, 0.25) is 0 Å². The van der Waals surface area contributed by atoms with Gasteiger partial charge in [-0.1, -0.05) is 6.07 Å². The highest BCUT2D eigenvalue weighted by atomic mass is 19.4. The van der Waals surface area contributed by atoms with E-state index < -0.39 is 24.9 Å². The molecule has 0 bridgehead atoms. The zero-order chi connectivity index (χ0) is 20.2. The van der Waals surface area contributed by atoms with Gasteiger partial charge in [0.05, 0.1) is 13.7 Å². The second-order valence-electron chi connectivity index (χ2n) is 5.35. The van der Waals surface area contributed by atoms with Gasteiger partial charge in [-0.3, -0.25) is 4.79 Å². The fourth-order valence-corrected chi connectivity index (χ4v) is 2.46. The van der Waals surface area contributed by atoms with Gasteiger partial charge in [0, 0.05) is 11.1 Å². The van der Waals surface area contributed by atoms with Crippen LogP contribution in [-0.4, -0.2) is 24.9 Å². The first-order valence-corrected chi connectivity index (χ1v) is 7.39. The molecule has 0 saturated heterocycles. The summed E-state index contributed by atoms with van der Waals surface area (Å²) >= 11 is 0. The number of halogens is 3. The van der Waals surface area contributed by atoms with Crippen molar-refractivity contribution >= 4 is 5.82 Å². The first kappa shape index (κ1) is 19.8. The molecule has 1 aromatic heterocycles. The van der Waals surface area contributed by atoms with Crippen LogP contribution in [0.15, 0.2) is 23.0 Å². The number of alkyl halides is 3. The van der Waals surface area contributed by atoms with Gasteiger partial charge < -0.3 is 20.2 Å². The highest BCUT2D eigenvalue weighted by Crippen LogP contribution is 2.32. The predicted octanol–water partition coefficient (Wildman–Crippen LogP) is 2.45. The quantitative estimate of drug-likeness (QED) is 0.823. The van der Waals surface area contributed by atoms with Gasteiger partial charge in [-0.25, -0.2) is 0 Å². The number of nitrogens with zero attached hydrogens (tertiary/aromatic N) is 2. The van der Waals surface area contributed by atoms with Crippen molar-refractivity contribution in [1.82, 2.24) is 4.98 Å². The molecule has 2 rings (SSSR count). The van der Waals surface area contributed by atoms with Gasteiger partial charge in [-0.2, -0.15) is 23.7 Å². The lowest BCUT2D eigenvalue weighted by atomic mass is 9.95. The molecular weight excluding hydrogens is 365 g/mol. The van der Waals surface area contributed by atoms with Crippen LogP contribution in [-0.2, 0) is 11.3 Å². The zero-order valence-electron chi connectivity index (χ0n) is 14.0. The summed E-state index contributed by atoms with van der Waals surface area (Å²) in [5.41, 5.74) is 4.88. The number of nitrogens with one attached hydrogen (secondary N) is 1. The van der Waals surface area contributed by atoms with Crippen molar-refractivity contribution in [2.75, 3.05) is 19.5 Å². The maximum Gasteiger partial charge on any atom is 0.411 e. The van der Waals surface area contributed by atoms with E-state index in [0.717, 1.165) is 0 Å². The zero-order valence-corrected chi connectivity index (χ0v) is 14.0. The van der Waals surface area contributed by atoms with Crippen LogP contribution in [0.3, 0.4) is 0 Å². The number of nitriles is 2. The maximum atomic E-state index is 12.3. The first-order chi connectivity index (χ1) is 12.7. The van der Waals surface area contributed by atoms with Crippen molar-refractivity contribution < 1.29 is 22.6 Å². The molecule has 0 aliphatic rings. The Labute approximate surface area is 151 Å². The van der Waals surface area contributed by atoms with Crippen LogP contribution in [0, 0.1) is 22.7 Å². The number of aromatic amines is 1. The van der Waals surface area contributed by atoms with Gasteiger partial charge in [-0.05, 0) is 17.7 Å². The third-order valence-electron chi connectivity index (χ3n) is 3.56. The molecule has 0 aliphatic carbocycles. The lowest BCUT2D eigenvalue weighted by Crippen LogP contribution is -2.17. The first-order valence-electron chi connectivity index (χ1n) is 7.39. The molecule has 3 N–H and O–H groups in total. The third kappa shape index (κ3) is 4.37. The molecule has 0 fully saturated rings. The topological polar surface area (TPSA) is 125 Å². The number of methoxy groups -OCH3 is 1. The summed E-state index contributed by atoms with van der Waals surface area (Å²) in [4.78, 5) is 14.2. The average Bonchev–Trinajstić information content (AvgIpc) is 2.60. The summed E-state index contributed by atoms with van der Waals surface area (Å²) in [5.74, 6) is 0.0259. The summed E-state index contributed by atoms with van der Waals surface area (Å²) in [6, 6.07) is 7.80. The van der Waals surface area contributed by atoms with E-state index in [4.69, 9.17) is 10.5 Å². The van der Waals surface area contributed by atoms with E-state index in [9.17, 15) is 28.5 Å². The monoisotopic (exact) mass is 378 g/mol. The van der Waals surface area contributed by atoms with Crippen LogP contribution in [0.25, 0.3) is 11.1 Å². The molecule has 27 heavy (non-hydrogen) atoms. The highest BCUT2D eigenvalue weighted by molar-refractivity contribution is 5.80. The molecule has 0 aliphatic heterocycles. The standard InChI is InChI=1S/C17H13F3N4O3/c1-26-13-3-2-9(4-10(13)7-27-8-17(18,19)20)14-11(5-21)15(23)24-16(25)12(14)6-22/h2-4H,7-8H2,1H3,(H3,23,24,25). The molecule has 0 radical (unpaired) electrons. The maximum absolute atomic E-state index is 12.3. The van der Waals surface area contributed by atoms with E-state index in [-0.39, 0.29) is 39.4 Å². The highest BCUT2D eigenvalue weighted by Gasteiger charge is 2.27. The van der Waals surface area contributed by atoms with E-state index >= 15 is 0 Å². The SMILES string of the molecule is COc1ccc(-c2c(C#N)c(N)[nH]c(=O)c2C#N)cc1COCC(F)(F)F. The molecule has 10 heteroatoms. The van der Waals surface area contributed by atoms with Crippen molar-refractivity contribution in [1.29, 1.82) is 10.5 Å². The summed E-state index contributed by atoms with van der Waals surface area (Å²) < 4.78 is 46.6. The summed E-state index contributed by atoms with van der Waals surface area (Å²) in [6.45, 7) is -1.88. The molecule has 7 nitrogen and oxygen atoms in total. The number of nitrogen functional groups attached to an aromatic ring is 1. The molecule has 0 amide bonds. The number of nitrogens with two attached hydrogens (primary N) is 1. The Morgan fingerprint density at radius 2 is 1.89 bits per heavy atom. The fourth-order valence-electron chi connectivity index (χ4n) is 2.46. The molecular formula is C17H13F3N4O3. The van der Waals surface area contributed by atoms with E-state index in [0.29, 0.717) is 0 Å². The smallest absolute Gasteiger partial charge is 0.411 e. The van der Waals surface area contributed by atoms with E-state index in [1.54, 1.807) is 6.07 Å². The average molecular weight is 378 g/mol. The normalized spacial score (nSPS) is 10.9. The molecule has 1 heterocycles. The Balaban J connectivity index is 2.58. The summed E-state index contributed by atoms with van der Waals surface area (Å²) in [6.07, 6.45) is -4.49. The van der Waals surface area contributed by atoms with Crippen molar-refractivity contribution in [3.05, 3.63) is 45.2 Å². The van der Waals surface area contributed by atoms with Gasteiger partial charge in [0.1, 0.15) is 41.4 Å². The minimum atomic E-state index is -4.49. The number of benzene rings is 1. The van der Waals surface area contributed by atoms with Gasteiger partial charge >= 0.3 is 6.18 Å². The van der Waals surface area contributed by atoms with Crippen molar-refractivity contribution in [2.45, 2.75) is 12.8 Å². The van der Waals surface area contributed by atoms with E-state index in [1.165, 1.54) is 25.3 Å². The minimum Gasteiger partial charge on any atom is -0.496 e. The lowest BCUT2D eigenvalue weighted by Gasteiger charge is -2.14. The number of aromatic nitrogens is 1. The molecule has 1 aromatic carbocycles. The van der Waals surface area contributed by atoms with Crippen LogP contribution >= 0.6 is 0 Å². The second-order valence-corrected chi connectivity index (χ2v) is 5.35. The van der Waals surface area contributed by atoms with E-state index in [2.05, 4.69) is 9.72 Å². The lowest BCUT2D eigenvalue weighted by molar-refractivity contribution is -0.176. The van der Waals surface area contributed by atoms with Crippen molar-refractivity contribution in [3.63, 3.8) is 0 Å². The van der Waals surface area contributed by atoms with Gasteiger partial charge in [0.25, 0.3) is 5.56 Å². The summed E-state index contributed by atoms with van der Waals surface area (Å²) in [7, 11) is 1.33. The number of ether oxygens (including phenoxy) is 2. The molecule has 140 valence electrons. The predicted molar refractivity (Wildman–Crippen MR) is 88.6 cm³/mol. The van der Waals surface area contributed by atoms with Crippen molar-refractivity contribution in [3.8, 4) is 29.0 Å². The Kier molecular flexibility index (Phi) is 5.73. The van der Waals surface area contributed by atoms with Crippen molar-refractivity contribution in [2.24, 2.45) is 0 Å². The van der Waals surface area contributed by atoms with Crippen LogP contribution in [0.1, 0.15) is 16.7 Å². The Hall–Kier alpha value is -3.50. The Morgan fingerprint density at radius 1 is 1.22 bits per heavy atom. The molecule has 2 aromatic rings. The van der Waals surface area contributed by atoms with Crippen LogP contribution < -0.4 is 16.0 Å². The van der Waals surface area contributed by atoms with Gasteiger partial charge in [0.15, 0.2) is 0 Å². The molecule has 0 unspecified atom stereocenters. The number of pyridine rings is 1. The van der Waals surface area contributed by atoms with Gasteiger partial charge in [-0.15, -0.1) is 0 Å². The number of anilines is 1. The molecule has 0 atom stereocenters. The van der Waals surface area contributed by atoms with Crippen LogP contribution in [0.5, 0.6) is 5.75 Å².